The minimum absolute atomic E-state index is 0.306. The summed E-state index contributed by atoms with van der Waals surface area (Å²) in [5.41, 5.74) is 1.36. The van der Waals surface area contributed by atoms with Crippen LogP contribution in [0.15, 0.2) is 82.8 Å². The van der Waals surface area contributed by atoms with Gasteiger partial charge in [-0.25, -0.2) is 4.79 Å². The van der Waals surface area contributed by atoms with Crippen LogP contribution in [0.25, 0.3) is 10.8 Å². The number of aromatic carboxylic acids is 1. The number of benzene rings is 3. The first-order valence-corrected chi connectivity index (χ1v) is 8.67. The van der Waals surface area contributed by atoms with Crippen molar-refractivity contribution in [3.8, 4) is 0 Å². The van der Waals surface area contributed by atoms with Gasteiger partial charge < -0.3 is 9.84 Å². The molecule has 0 heterocycles. The number of allylic oxidation sites excluding steroid dienone is 1. The quantitative estimate of drug-likeness (QED) is 0.576. The van der Waals surface area contributed by atoms with Gasteiger partial charge >= 0.3 is 5.97 Å². The molecular formula is C21H18O3S. The smallest absolute Gasteiger partial charge is 0.336 e. The van der Waals surface area contributed by atoms with Crippen molar-refractivity contribution in [1.82, 2.24) is 0 Å². The molecule has 3 aromatic rings. The fraction of sp³-hybridized carbons (Fsp3) is 0.0952. The molecule has 0 bridgehead atoms. The van der Waals surface area contributed by atoms with Gasteiger partial charge in [-0.05, 0) is 36.1 Å². The molecular weight excluding hydrogens is 332 g/mol. The molecule has 126 valence electrons. The maximum absolute atomic E-state index is 11.5. The van der Waals surface area contributed by atoms with E-state index in [4.69, 9.17) is 4.74 Å². The Morgan fingerprint density at radius 2 is 1.72 bits per heavy atom. The molecule has 25 heavy (non-hydrogen) atoms. The lowest BCUT2D eigenvalue weighted by Crippen LogP contribution is -1.98. The lowest BCUT2D eigenvalue weighted by molar-refractivity contribution is 0.0693. The molecule has 0 aromatic heterocycles. The van der Waals surface area contributed by atoms with Crippen molar-refractivity contribution in [2.45, 2.75) is 23.3 Å². The highest BCUT2D eigenvalue weighted by atomic mass is 32.2. The van der Waals surface area contributed by atoms with Gasteiger partial charge in [0.15, 0.2) is 0 Å². The Morgan fingerprint density at radius 3 is 2.44 bits per heavy atom. The molecule has 0 radical (unpaired) electrons. The summed E-state index contributed by atoms with van der Waals surface area (Å²) in [5.74, 6) is -0.257. The molecule has 0 atom stereocenters. The molecule has 0 unspecified atom stereocenters. The van der Waals surface area contributed by atoms with Crippen molar-refractivity contribution >= 4 is 28.5 Å². The van der Waals surface area contributed by atoms with Crippen LogP contribution in [0.3, 0.4) is 0 Å². The van der Waals surface area contributed by atoms with Gasteiger partial charge in [0.25, 0.3) is 0 Å². The summed E-state index contributed by atoms with van der Waals surface area (Å²) in [6.07, 6.45) is 0. The van der Waals surface area contributed by atoms with E-state index in [1.54, 1.807) is 12.1 Å². The van der Waals surface area contributed by atoms with Crippen molar-refractivity contribution in [2.75, 3.05) is 0 Å². The Balaban J connectivity index is 2.08. The molecule has 0 saturated carbocycles. The SMILES string of the molecule is C=C(C)OCc1cccc2cccc(Sc3ccccc3C(=O)O)c12. The summed E-state index contributed by atoms with van der Waals surface area (Å²) < 4.78 is 5.61. The highest BCUT2D eigenvalue weighted by molar-refractivity contribution is 7.99. The van der Waals surface area contributed by atoms with Crippen molar-refractivity contribution in [1.29, 1.82) is 0 Å². The van der Waals surface area contributed by atoms with Gasteiger partial charge in [0.1, 0.15) is 6.61 Å². The summed E-state index contributed by atoms with van der Waals surface area (Å²) in [6, 6.07) is 19.2. The van der Waals surface area contributed by atoms with Gasteiger partial charge in [0.05, 0.1) is 11.3 Å². The first-order chi connectivity index (χ1) is 12.1. The van der Waals surface area contributed by atoms with Gasteiger partial charge in [0, 0.05) is 15.2 Å². The predicted octanol–water partition coefficient (Wildman–Crippen LogP) is 5.74. The van der Waals surface area contributed by atoms with E-state index in [1.165, 1.54) is 11.8 Å². The van der Waals surface area contributed by atoms with Crippen molar-refractivity contribution < 1.29 is 14.6 Å². The first kappa shape index (κ1) is 17.1. The Kier molecular flexibility index (Phi) is 5.10. The fourth-order valence-electron chi connectivity index (χ4n) is 2.64. The second-order valence-electron chi connectivity index (χ2n) is 5.67. The summed E-state index contributed by atoms with van der Waals surface area (Å²) >= 11 is 1.46. The lowest BCUT2D eigenvalue weighted by atomic mass is 10.1. The van der Waals surface area contributed by atoms with Crippen LogP contribution in [0.4, 0.5) is 0 Å². The third-order valence-corrected chi connectivity index (χ3v) is 4.90. The van der Waals surface area contributed by atoms with Gasteiger partial charge in [-0.3, -0.25) is 0 Å². The molecule has 0 aliphatic carbocycles. The number of rotatable bonds is 6. The number of hydrogen-bond donors (Lipinski definition) is 1. The second kappa shape index (κ2) is 7.45. The Bertz CT molecular complexity index is 942. The number of hydrogen-bond acceptors (Lipinski definition) is 3. The monoisotopic (exact) mass is 350 g/mol. The van der Waals surface area contributed by atoms with Crippen molar-refractivity contribution in [3.63, 3.8) is 0 Å². The lowest BCUT2D eigenvalue weighted by Gasteiger charge is -2.13. The third kappa shape index (κ3) is 3.86. The Hall–Kier alpha value is -2.72. The summed E-state index contributed by atoms with van der Waals surface area (Å²) in [7, 11) is 0. The second-order valence-corrected chi connectivity index (χ2v) is 6.75. The van der Waals surface area contributed by atoms with Crippen molar-refractivity contribution in [2.24, 2.45) is 0 Å². The van der Waals surface area contributed by atoms with E-state index >= 15 is 0 Å². The van der Waals surface area contributed by atoms with E-state index in [1.807, 2.05) is 55.5 Å². The summed E-state index contributed by atoms with van der Waals surface area (Å²) in [5, 5.41) is 11.6. The van der Waals surface area contributed by atoms with Crippen LogP contribution in [0.1, 0.15) is 22.8 Å². The van der Waals surface area contributed by atoms with Crippen LogP contribution in [-0.2, 0) is 11.3 Å². The average Bonchev–Trinajstić information content (AvgIpc) is 2.60. The molecule has 3 nitrogen and oxygen atoms in total. The molecule has 0 aliphatic heterocycles. The van der Waals surface area contributed by atoms with Crippen LogP contribution < -0.4 is 0 Å². The summed E-state index contributed by atoms with van der Waals surface area (Å²) in [6.45, 7) is 6.04. The van der Waals surface area contributed by atoms with Crippen LogP contribution >= 0.6 is 11.8 Å². The molecule has 0 spiro atoms. The normalized spacial score (nSPS) is 10.6. The van der Waals surface area contributed by atoms with E-state index in [0.29, 0.717) is 17.9 Å². The third-order valence-electron chi connectivity index (χ3n) is 3.76. The molecule has 0 aliphatic rings. The first-order valence-electron chi connectivity index (χ1n) is 7.85. The van der Waals surface area contributed by atoms with E-state index in [0.717, 1.165) is 26.1 Å². The zero-order chi connectivity index (χ0) is 17.8. The molecule has 1 N–H and O–H groups in total. The van der Waals surface area contributed by atoms with Gasteiger partial charge in [0.2, 0.25) is 0 Å². The number of fused-ring (bicyclic) bond motifs is 1. The number of ether oxygens (including phenoxy) is 1. The minimum Gasteiger partial charge on any atom is -0.494 e. The minimum atomic E-state index is -0.922. The largest absolute Gasteiger partial charge is 0.494 e. The Labute approximate surface area is 150 Å². The highest BCUT2D eigenvalue weighted by Gasteiger charge is 2.13. The van der Waals surface area contributed by atoms with E-state index in [2.05, 4.69) is 6.58 Å². The molecule has 0 fully saturated rings. The molecule has 3 rings (SSSR count). The maximum atomic E-state index is 11.5. The van der Waals surface area contributed by atoms with Crippen molar-refractivity contribution in [3.05, 3.63) is 84.1 Å². The zero-order valence-corrected chi connectivity index (χ0v) is 14.7. The average molecular weight is 350 g/mol. The van der Waals surface area contributed by atoms with Gasteiger partial charge in [-0.15, -0.1) is 0 Å². The fourth-order valence-corrected chi connectivity index (χ4v) is 3.79. The standard InChI is InChI=1S/C21H18O3S/c1-14(2)24-13-16-9-5-7-15-8-6-12-19(20(15)16)25-18-11-4-3-10-17(18)21(22)23/h3-12H,1,13H2,2H3,(H,22,23). The summed E-state index contributed by atoms with van der Waals surface area (Å²) in [4.78, 5) is 13.2. The van der Waals surface area contributed by atoms with Gasteiger partial charge in [-0.1, -0.05) is 60.8 Å². The maximum Gasteiger partial charge on any atom is 0.336 e. The molecule has 0 saturated heterocycles. The van der Waals surface area contributed by atoms with E-state index in [9.17, 15) is 9.90 Å². The number of carboxylic acids is 1. The van der Waals surface area contributed by atoms with E-state index in [-0.39, 0.29) is 0 Å². The van der Waals surface area contributed by atoms with Crippen LogP contribution in [0, 0.1) is 0 Å². The number of carboxylic acid groups (broad SMARTS) is 1. The molecule has 4 heteroatoms. The predicted molar refractivity (Wildman–Crippen MR) is 101 cm³/mol. The molecule has 0 amide bonds. The van der Waals surface area contributed by atoms with Crippen LogP contribution in [0.2, 0.25) is 0 Å². The number of carbonyl (C=O) groups is 1. The Morgan fingerprint density at radius 1 is 1.04 bits per heavy atom. The van der Waals surface area contributed by atoms with Gasteiger partial charge in [-0.2, -0.15) is 0 Å². The van der Waals surface area contributed by atoms with Crippen LogP contribution in [-0.4, -0.2) is 11.1 Å². The zero-order valence-electron chi connectivity index (χ0n) is 13.9. The highest BCUT2D eigenvalue weighted by Crippen LogP contribution is 2.37. The molecule has 3 aromatic carbocycles. The van der Waals surface area contributed by atoms with E-state index < -0.39 is 5.97 Å². The topological polar surface area (TPSA) is 46.5 Å². The van der Waals surface area contributed by atoms with Crippen LogP contribution in [0.5, 0.6) is 0 Å².